The SMILES string of the molecule is BrCCC1=Cc2ccccc2[CH]1. The minimum atomic E-state index is 1.04. The van der Waals surface area contributed by atoms with E-state index in [1.165, 1.54) is 16.7 Å². The Morgan fingerprint density at radius 3 is 2.50 bits per heavy atom. The lowest BCUT2D eigenvalue weighted by molar-refractivity contribution is 1.17. The molecule has 1 aliphatic carbocycles. The van der Waals surface area contributed by atoms with Gasteiger partial charge in [-0.3, -0.25) is 0 Å². The van der Waals surface area contributed by atoms with Gasteiger partial charge in [0.25, 0.3) is 0 Å². The van der Waals surface area contributed by atoms with Gasteiger partial charge < -0.3 is 0 Å². The highest BCUT2D eigenvalue weighted by Gasteiger charge is 2.10. The lowest BCUT2D eigenvalue weighted by Crippen LogP contribution is -1.81. The van der Waals surface area contributed by atoms with Crippen LogP contribution < -0.4 is 0 Å². The van der Waals surface area contributed by atoms with Crippen LogP contribution in [0.5, 0.6) is 0 Å². The smallest absolute Gasteiger partial charge is 0.0164 e. The van der Waals surface area contributed by atoms with Gasteiger partial charge in [0.15, 0.2) is 0 Å². The first-order valence-electron chi connectivity index (χ1n) is 4.10. The van der Waals surface area contributed by atoms with Crippen molar-refractivity contribution in [3.8, 4) is 0 Å². The van der Waals surface area contributed by atoms with Crippen LogP contribution in [-0.4, -0.2) is 5.33 Å². The molecule has 0 bridgehead atoms. The van der Waals surface area contributed by atoms with Gasteiger partial charge in [0, 0.05) is 11.8 Å². The first-order chi connectivity index (χ1) is 5.90. The third kappa shape index (κ3) is 1.46. The summed E-state index contributed by atoms with van der Waals surface area (Å²) in [5.74, 6) is 0. The van der Waals surface area contributed by atoms with E-state index in [9.17, 15) is 0 Å². The molecular weight excluding hydrogens is 212 g/mol. The molecule has 1 radical (unpaired) electrons. The molecule has 0 unspecified atom stereocenters. The van der Waals surface area contributed by atoms with Crippen molar-refractivity contribution in [2.45, 2.75) is 6.42 Å². The Kier molecular flexibility index (Phi) is 2.31. The van der Waals surface area contributed by atoms with E-state index in [1.54, 1.807) is 0 Å². The zero-order valence-corrected chi connectivity index (χ0v) is 8.34. The molecule has 12 heavy (non-hydrogen) atoms. The second kappa shape index (κ2) is 3.44. The number of fused-ring (bicyclic) bond motifs is 1. The predicted molar refractivity (Wildman–Crippen MR) is 56.2 cm³/mol. The van der Waals surface area contributed by atoms with Crippen LogP contribution >= 0.6 is 15.9 Å². The summed E-state index contributed by atoms with van der Waals surface area (Å²) in [5.41, 5.74) is 4.13. The summed E-state index contributed by atoms with van der Waals surface area (Å²) in [6.45, 7) is 0. The van der Waals surface area contributed by atoms with Crippen LogP contribution in [0.2, 0.25) is 0 Å². The van der Waals surface area contributed by atoms with Crippen molar-refractivity contribution < 1.29 is 0 Å². The van der Waals surface area contributed by atoms with Crippen LogP contribution in [-0.2, 0) is 0 Å². The topological polar surface area (TPSA) is 0 Å². The molecule has 0 atom stereocenters. The second-order valence-electron chi connectivity index (χ2n) is 2.93. The van der Waals surface area contributed by atoms with Crippen molar-refractivity contribution >= 4 is 22.0 Å². The zero-order valence-electron chi connectivity index (χ0n) is 6.76. The number of allylic oxidation sites excluding steroid dienone is 1. The van der Waals surface area contributed by atoms with E-state index in [0.29, 0.717) is 0 Å². The minimum absolute atomic E-state index is 1.04. The maximum Gasteiger partial charge on any atom is 0.0164 e. The van der Waals surface area contributed by atoms with Gasteiger partial charge in [-0.25, -0.2) is 0 Å². The van der Waals surface area contributed by atoms with Crippen LogP contribution in [0.25, 0.3) is 6.08 Å². The van der Waals surface area contributed by atoms with Crippen LogP contribution in [0.3, 0.4) is 0 Å². The Morgan fingerprint density at radius 1 is 1.08 bits per heavy atom. The average Bonchev–Trinajstić information content (AvgIpc) is 2.47. The maximum atomic E-state index is 3.44. The molecule has 0 saturated carbocycles. The number of hydrogen-bond acceptors (Lipinski definition) is 0. The Labute approximate surface area is 81.4 Å². The summed E-state index contributed by atoms with van der Waals surface area (Å²) in [6, 6.07) is 8.49. The fourth-order valence-electron chi connectivity index (χ4n) is 1.47. The van der Waals surface area contributed by atoms with Crippen molar-refractivity contribution in [3.63, 3.8) is 0 Å². The van der Waals surface area contributed by atoms with Crippen LogP contribution in [0.4, 0.5) is 0 Å². The molecule has 0 aliphatic heterocycles. The van der Waals surface area contributed by atoms with E-state index in [4.69, 9.17) is 0 Å². The number of halogens is 1. The van der Waals surface area contributed by atoms with Crippen LogP contribution in [0, 0.1) is 6.42 Å². The molecule has 0 saturated heterocycles. The first-order valence-corrected chi connectivity index (χ1v) is 5.22. The fraction of sp³-hybridized carbons (Fsp3) is 0.182. The van der Waals surface area contributed by atoms with Gasteiger partial charge in [0.2, 0.25) is 0 Å². The number of benzene rings is 1. The van der Waals surface area contributed by atoms with E-state index in [2.05, 4.69) is 52.7 Å². The Hall–Kier alpha value is -0.560. The van der Waals surface area contributed by atoms with Gasteiger partial charge in [-0.2, -0.15) is 0 Å². The third-order valence-electron chi connectivity index (χ3n) is 2.06. The van der Waals surface area contributed by atoms with Gasteiger partial charge >= 0.3 is 0 Å². The van der Waals surface area contributed by atoms with Crippen LogP contribution in [0.15, 0.2) is 29.8 Å². The molecule has 2 rings (SSSR count). The summed E-state index contributed by atoms with van der Waals surface area (Å²) in [7, 11) is 0. The number of rotatable bonds is 2. The normalized spacial score (nSPS) is 14.2. The van der Waals surface area contributed by atoms with E-state index in [0.717, 1.165) is 11.8 Å². The number of hydrogen-bond donors (Lipinski definition) is 0. The van der Waals surface area contributed by atoms with Crippen molar-refractivity contribution in [3.05, 3.63) is 47.4 Å². The summed E-state index contributed by atoms with van der Waals surface area (Å²) < 4.78 is 0. The number of alkyl halides is 1. The Morgan fingerprint density at radius 2 is 1.83 bits per heavy atom. The van der Waals surface area contributed by atoms with Crippen molar-refractivity contribution in [2.75, 3.05) is 5.33 Å². The van der Waals surface area contributed by atoms with Crippen LogP contribution in [0.1, 0.15) is 17.5 Å². The third-order valence-corrected chi connectivity index (χ3v) is 2.46. The van der Waals surface area contributed by atoms with Gasteiger partial charge in [0.1, 0.15) is 0 Å². The molecule has 61 valence electrons. The van der Waals surface area contributed by atoms with Gasteiger partial charge in [-0.15, -0.1) is 0 Å². The summed E-state index contributed by atoms with van der Waals surface area (Å²) >= 11 is 3.44. The molecule has 0 heterocycles. The average molecular weight is 222 g/mol. The van der Waals surface area contributed by atoms with Gasteiger partial charge in [0.05, 0.1) is 0 Å². The first kappa shape index (κ1) is 8.06. The monoisotopic (exact) mass is 221 g/mol. The molecule has 1 aromatic rings. The molecule has 0 fully saturated rings. The van der Waals surface area contributed by atoms with Crippen molar-refractivity contribution in [1.29, 1.82) is 0 Å². The molecule has 0 spiro atoms. The quantitative estimate of drug-likeness (QED) is 0.672. The van der Waals surface area contributed by atoms with Gasteiger partial charge in [-0.1, -0.05) is 51.8 Å². The zero-order chi connectivity index (χ0) is 8.39. The maximum absolute atomic E-state index is 3.44. The highest BCUT2D eigenvalue weighted by atomic mass is 79.9. The molecule has 1 aromatic carbocycles. The summed E-state index contributed by atoms with van der Waals surface area (Å²) in [4.78, 5) is 0. The lowest BCUT2D eigenvalue weighted by atomic mass is 10.1. The highest BCUT2D eigenvalue weighted by molar-refractivity contribution is 9.09. The Bertz CT molecular complexity index is 313. The largest absolute Gasteiger partial charge is 0.0925 e. The molecule has 1 aliphatic rings. The minimum Gasteiger partial charge on any atom is -0.0925 e. The summed E-state index contributed by atoms with van der Waals surface area (Å²) in [6.07, 6.45) is 5.64. The molecule has 0 nitrogen and oxygen atoms in total. The van der Waals surface area contributed by atoms with E-state index in [-0.39, 0.29) is 0 Å². The lowest BCUT2D eigenvalue weighted by Gasteiger charge is -1.96. The molecule has 1 heteroatoms. The molecule has 0 amide bonds. The van der Waals surface area contributed by atoms with E-state index < -0.39 is 0 Å². The predicted octanol–water partition coefficient (Wildman–Crippen LogP) is 3.42. The molecular formula is C11H10Br. The molecule has 0 aromatic heterocycles. The van der Waals surface area contributed by atoms with Crippen molar-refractivity contribution in [1.82, 2.24) is 0 Å². The molecule has 0 N–H and O–H groups in total. The van der Waals surface area contributed by atoms with E-state index >= 15 is 0 Å². The highest BCUT2D eigenvalue weighted by Crippen LogP contribution is 2.28. The second-order valence-corrected chi connectivity index (χ2v) is 3.72. The Balaban J connectivity index is 2.23. The van der Waals surface area contributed by atoms with Crippen molar-refractivity contribution in [2.24, 2.45) is 0 Å². The van der Waals surface area contributed by atoms with E-state index in [1.807, 2.05) is 0 Å². The summed E-state index contributed by atoms with van der Waals surface area (Å²) in [5, 5.41) is 1.04. The fourth-order valence-corrected chi connectivity index (χ4v) is 1.93. The van der Waals surface area contributed by atoms with Gasteiger partial charge in [-0.05, 0) is 17.5 Å². The standard InChI is InChI=1S/C11H10Br/c12-6-5-9-7-10-3-1-2-4-11(10)8-9/h1-4,7-8H,5-6H2.